The van der Waals surface area contributed by atoms with Gasteiger partial charge in [0.1, 0.15) is 12.1 Å². The molecular weight excluding hydrogens is 498 g/mol. The van der Waals surface area contributed by atoms with Crippen molar-refractivity contribution < 1.29 is 9.59 Å². The first kappa shape index (κ1) is 34.3. The van der Waals surface area contributed by atoms with Gasteiger partial charge in [0.15, 0.2) is 0 Å². The summed E-state index contributed by atoms with van der Waals surface area (Å²) >= 11 is 0. The van der Waals surface area contributed by atoms with E-state index in [0.29, 0.717) is 43.9 Å². The van der Waals surface area contributed by atoms with Crippen LogP contribution >= 0.6 is 0 Å². The molecule has 0 radical (unpaired) electrons. The molecule has 0 aromatic heterocycles. The Balaban J connectivity index is 2.86. The first-order valence-corrected chi connectivity index (χ1v) is 13.7. The minimum Gasteiger partial charge on any atom is -0.351 e. The Labute approximate surface area is 233 Å². The zero-order chi connectivity index (χ0) is 29.7. The van der Waals surface area contributed by atoms with Gasteiger partial charge >= 0.3 is 0 Å². The summed E-state index contributed by atoms with van der Waals surface area (Å²) in [5.41, 5.74) is 5.00. The number of carbonyl (C=O) groups is 2. The van der Waals surface area contributed by atoms with Crippen molar-refractivity contribution in [3.05, 3.63) is 39.6 Å². The maximum atomic E-state index is 13.0. The molecule has 0 saturated carbocycles. The molecule has 2 atom stereocenters. The number of benzene rings is 1. The summed E-state index contributed by atoms with van der Waals surface area (Å²) in [6.45, 7) is 15.1. The maximum absolute atomic E-state index is 13.0. The number of amides is 2. The molecule has 0 aliphatic rings. The summed E-state index contributed by atoms with van der Waals surface area (Å²) in [5.74, 6) is -0.311. The number of rotatable bonds is 19. The van der Waals surface area contributed by atoms with Crippen LogP contribution in [0.15, 0.2) is 34.6 Å². The molecule has 0 heterocycles. The van der Waals surface area contributed by atoms with Crippen molar-refractivity contribution in [2.75, 3.05) is 31.5 Å². The molecule has 1 rings (SSSR count). The molecule has 0 saturated heterocycles. The van der Waals surface area contributed by atoms with Gasteiger partial charge in [-0.3, -0.25) is 9.59 Å². The van der Waals surface area contributed by atoms with Crippen LogP contribution in [0.2, 0.25) is 0 Å². The van der Waals surface area contributed by atoms with Crippen molar-refractivity contribution in [3.8, 4) is 0 Å². The Morgan fingerprint density at radius 3 is 1.79 bits per heavy atom. The summed E-state index contributed by atoms with van der Waals surface area (Å²) < 4.78 is 0. The van der Waals surface area contributed by atoms with Gasteiger partial charge in [0.05, 0.1) is 0 Å². The van der Waals surface area contributed by atoms with Crippen LogP contribution in [0.5, 0.6) is 0 Å². The molecule has 0 bridgehead atoms. The lowest BCUT2D eigenvalue weighted by atomic mass is 9.85. The van der Waals surface area contributed by atoms with Gasteiger partial charge in [-0.05, 0) is 85.2 Å². The molecule has 0 spiro atoms. The zero-order valence-electron chi connectivity index (χ0n) is 24.7. The Morgan fingerprint density at radius 2 is 1.33 bits per heavy atom. The summed E-state index contributed by atoms with van der Waals surface area (Å²) in [5, 5.41) is 19.0. The summed E-state index contributed by atoms with van der Waals surface area (Å²) in [6.07, 6.45) is 3.04. The molecule has 2 amide bonds. The third-order valence-corrected chi connectivity index (χ3v) is 7.56. The third-order valence-electron chi connectivity index (χ3n) is 7.56. The molecule has 6 N–H and O–H groups in total. The Kier molecular flexibility index (Phi) is 13.8. The van der Waals surface area contributed by atoms with Gasteiger partial charge in [-0.2, -0.15) is 9.81 Å². The SMILES string of the molecule is CC(N=O)C(C)(C)NCC(C)(CNC(=O)c1ccc(NC(=O)CCCCCN)cc1)CNC(C)(C)C(C)N=O. The number of nitrogens with one attached hydrogen (secondary N) is 4. The average Bonchev–Trinajstić information content (AvgIpc) is 2.91. The van der Waals surface area contributed by atoms with Crippen LogP contribution in [-0.2, 0) is 4.79 Å². The topological polar surface area (TPSA) is 167 Å². The van der Waals surface area contributed by atoms with Crippen LogP contribution in [0.4, 0.5) is 5.69 Å². The fourth-order valence-electron chi connectivity index (χ4n) is 3.56. The second kappa shape index (κ2) is 15.7. The quantitative estimate of drug-likeness (QED) is 0.129. The minimum absolute atomic E-state index is 0.0657. The molecule has 2 unspecified atom stereocenters. The van der Waals surface area contributed by atoms with Gasteiger partial charge in [-0.1, -0.05) is 23.7 Å². The van der Waals surface area contributed by atoms with E-state index < -0.39 is 28.6 Å². The van der Waals surface area contributed by atoms with E-state index >= 15 is 0 Å². The smallest absolute Gasteiger partial charge is 0.251 e. The van der Waals surface area contributed by atoms with Crippen molar-refractivity contribution in [2.45, 2.75) is 97.3 Å². The second-order valence-corrected chi connectivity index (χ2v) is 11.9. The lowest BCUT2D eigenvalue weighted by Crippen LogP contribution is -2.58. The largest absolute Gasteiger partial charge is 0.351 e. The van der Waals surface area contributed by atoms with Gasteiger partial charge in [0.2, 0.25) is 5.91 Å². The molecule has 0 aliphatic carbocycles. The molecule has 220 valence electrons. The van der Waals surface area contributed by atoms with Crippen molar-refractivity contribution in [3.63, 3.8) is 0 Å². The Bertz CT molecular complexity index is 904. The second-order valence-electron chi connectivity index (χ2n) is 11.9. The van der Waals surface area contributed by atoms with Crippen molar-refractivity contribution in [1.82, 2.24) is 16.0 Å². The highest BCUT2D eigenvalue weighted by atomic mass is 16.3. The lowest BCUT2D eigenvalue weighted by Gasteiger charge is -2.39. The number of carbonyl (C=O) groups excluding carboxylic acids is 2. The van der Waals surface area contributed by atoms with E-state index in [1.165, 1.54) is 0 Å². The van der Waals surface area contributed by atoms with Crippen LogP contribution in [0, 0.1) is 15.2 Å². The molecule has 39 heavy (non-hydrogen) atoms. The van der Waals surface area contributed by atoms with Crippen LogP contribution in [-0.4, -0.2) is 61.2 Å². The predicted octanol–water partition coefficient (Wildman–Crippen LogP) is 3.93. The van der Waals surface area contributed by atoms with Crippen molar-refractivity contribution >= 4 is 17.5 Å². The van der Waals surface area contributed by atoms with E-state index in [1.807, 2.05) is 34.6 Å². The van der Waals surface area contributed by atoms with Gasteiger partial charge in [-0.25, -0.2) is 0 Å². The fraction of sp³-hybridized carbons (Fsp3) is 0.714. The number of hydrogen-bond acceptors (Lipinski definition) is 9. The molecule has 1 aromatic rings. The van der Waals surface area contributed by atoms with Crippen LogP contribution in [0.1, 0.15) is 84.5 Å². The predicted molar refractivity (Wildman–Crippen MR) is 158 cm³/mol. The Hall–Kier alpha value is -2.76. The first-order chi connectivity index (χ1) is 18.2. The molecule has 11 heteroatoms. The summed E-state index contributed by atoms with van der Waals surface area (Å²) in [4.78, 5) is 47.4. The normalized spacial score (nSPS) is 15.1. The number of nitrogens with zero attached hydrogens (tertiary/aromatic N) is 2. The van der Waals surface area contributed by atoms with Crippen LogP contribution in [0.3, 0.4) is 0 Å². The van der Waals surface area contributed by atoms with E-state index in [4.69, 9.17) is 5.73 Å². The fourth-order valence-corrected chi connectivity index (χ4v) is 3.56. The Morgan fingerprint density at radius 1 is 0.821 bits per heavy atom. The van der Waals surface area contributed by atoms with Crippen LogP contribution < -0.4 is 27.0 Å². The standard InChI is InChI=1S/C28H49N7O4/c1-20(34-38)26(3,4)31-18-28(7,19-32-27(5,6)21(2)35-39)17-30-25(37)22-12-14-23(15-13-22)33-24(36)11-9-8-10-16-29/h12-15,20-21,31-32H,8-11,16-19,29H2,1-7H3,(H,30,37)(H,33,36). The van der Waals surface area contributed by atoms with Gasteiger partial charge in [0, 0.05) is 53.8 Å². The molecular formula is C28H49N7O4. The monoisotopic (exact) mass is 547 g/mol. The molecule has 1 aromatic carbocycles. The number of hydrogen-bond donors (Lipinski definition) is 5. The van der Waals surface area contributed by atoms with E-state index in [2.05, 4.69) is 31.6 Å². The van der Waals surface area contributed by atoms with E-state index in [1.54, 1.807) is 38.1 Å². The van der Waals surface area contributed by atoms with Gasteiger partial charge < -0.3 is 27.0 Å². The van der Waals surface area contributed by atoms with E-state index in [-0.39, 0.29) is 11.8 Å². The average molecular weight is 548 g/mol. The van der Waals surface area contributed by atoms with Crippen LogP contribution in [0.25, 0.3) is 0 Å². The zero-order valence-corrected chi connectivity index (χ0v) is 24.7. The molecule has 11 nitrogen and oxygen atoms in total. The minimum atomic E-state index is -0.551. The van der Waals surface area contributed by atoms with Crippen molar-refractivity contribution in [2.24, 2.45) is 21.5 Å². The highest BCUT2D eigenvalue weighted by molar-refractivity contribution is 5.95. The highest BCUT2D eigenvalue weighted by Crippen LogP contribution is 2.21. The number of nitrogens with two attached hydrogens (primary N) is 1. The number of anilines is 1. The van der Waals surface area contributed by atoms with Gasteiger partial charge in [-0.15, -0.1) is 0 Å². The summed E-state index contributed by atoms with van der Waals surface area (Å²) in [6, 6.07) is 5.86. The number of unbranched alkanes of at least 4 members (excludes halogenated alkanes) is 2. The van der Waals surface area contributed by atoms with Gasteiger partial charge in [0.25, 0.3) is 5.91 Å². The first-order valence-electron chi connectivity index (χ1n) is 13.7. The maximum Gasteiger partial charge on any atom is 0.251 e. The lowest BCUT2D eigenvalue weighted by molar-refractivity contribution is -0.116. The third kappa shape index (κ3) is 11.9. The number of nitroso groups, excluding NO2 is 2. The highest BCUT2D eigenvalue weighted by Gasteiger charge is 2.35. The van der Waals surface area contributed by atoms with E-state index in [0.717, 1.165) is 19.3 Å². The summed E-state index contributed by atoms with van der Waals surface area (Å²) in [7, 11) is 0. The van der Waals surface area contributed by atoms with E-state index in [9.17, 15) is 19.4 Å². The van der Waals surface area contributed by atoms with Crippen molar-refractivity contribution in [1.29, 1.82) is 0 Å². The molecule has 0 aliphatic heterocycles. The molecule has 0 fully saturated rings.